The van der Waals surface area contributed by atoms with Gasteiger partial charge in [-0.1, -0.05) is 109 Å². The van der Waals surface area contributed by atoms with Crippen molar-refractivity contribution in [1.82, 2.24) is 13.4 Å². The molecule has 65 heavy (non-hydrogen) atoms. The molecule has 1 atom stereocenters. The Hall–Kier alpha value is -7.29. The number of hydrogen-bond donors (Lipinski definition) is 2. The molecule has 0 aliphatic carbocycles. The van der Waals surface area contributed by atoms with Crippen LogP contribution in [0.2, 0.25) is 19.1 Å². The number of fused-ring (bicyclic) bond motifs is 14. The topological polar surface area (TPSA) is 180 Å². The number of hydrogen-bond acceptors (Lipinski definition) is 12. The van der Waals surface area contributed by atoms with Crippen LogP contribution in [0.4, 0.5) is 11.6 Å². The van der Waals surface area contributed by atoms with Gasteiger partial charge in [0.05, 0.1) is 0 Å². The lowest BCUT2D eigenvalue weighted by molar-refractivity contribution is -0.131. The summed E-state index contributed by atoms with van der Waals surface area (Å²) in [6.45, 7) is 6.50. The van der Waals surface area contributed by atoms with Gasteiger partial charge in [0.1, 0.15) is 33.9 Å². The standard InChI is InChI=1S/C39H35N9O2Si2.C9H8O4/c1-46(2)22-13-23-51(3,4)50-52(49)47-36-28-18-9-10-19-29(28)38(47)44-34-26-16-7-8-17-27(26)35(41-34)45-39-31-21-12-11-20-30(31)37(48(39)52)43-33-25-15-6-5-14-24(25)32(40-33)42-36;1-6(10)13-8-5-3-2-4-7(8)9(11)12/h5-12,14-21,49H,13,22-23H2,1-4H3;2-5H,1H3,(H,11,12). The van der Waals surface area contributed by atoms with E-state index < -0.39 is 29.1 Å². The highest BCUT2D eigenvalue weighted by molar-refractivity contribution is 6.82. The average Bonchev–Trinajstić information content (AvgIpc) is 3.99. The normalized spacial score (nSPS) is 16.5. The van der Waals surface area contributed by atoms with Gasteiger partial charge in [-0.2, -0.15) is 0 Å². The van der Waals surface area contributed by atoms with Crippen molar-refractivity contribution >= 4 is 85.7 Å². The van der Waals surface area contributed by atoms with E-state index >= 15 is 0 Å². The summed E-state index contributed by atoms with van der Waals surface area (Å²) in [4.78, 5) is 69.0. The van der Waals surface area contributed by atoms with Gasteiger partial charge in [-0.25, -0.2) is 34.7 Å². The Kier molecular flexibility index (Phi) is 10.3. The Morgan fingerprint density at radius 2 is 1.05 bits per heavy atom. The van der Waals surface area contributed by atoms with Crippen LogP contribution in [0.5, 0.6) is 5.75 Å². The lowest BCUT2D eigenvalue weighted by Crippen LogP contribution is -2.65. The summed E-state index contributed by atoms with van der Waals surface area (Å²) >= 11 is 0. The summed E-state index contributed by atoms with van der Waals surface area (Å²) < 4.78 is 15.9. The van der Waals surface area contributed by atoms with E-state index in [1.165, 1.54) is 19.1 Å². The van der Waals surface area contributed by atoms with Gasteiger partial charge < -0.3 is 23.7 Å². The molecule has 2 N–H and O–H groups in total. The number of aromatic carboxylic acids is 1. The van der Waals surface area contributed by atoms with Crippen molar-refractivity contribution in [3.05, 3.63) is 160 Å². The average molecular weight is 898 g/mol. The number of carboxylic acid groups (broad SMARTS) is 1. The molecule has 2 aromatic heterocycles. The summed E-state index contributed by atoms with van der Waals surface area (Å²) in [5, 5.41) is 12.0. The number of esters is 1. The fourth-order valence-electron chi connectivity index (χ4n) is 8.67. The first-order valence-electron chi connectivity index (χ1n) is 21.1. The Balaban J connectivity index is 0.000000332. The van der Waals surface area contributed by atoms with Crippen molar-refractivity contribution in [2.24, 2.45) is 30.0 Å². The van der Waals surface area contributed by atoms with Gasteiger partial charge in [0.2, 0.25) is 0 Å². The SMILES string of the molecule is CC(=O)Oc1ccccc1C(=O)O.CN(C)CCC[Si](C)(C)O[Si]1(O)n2c3c4ccccc4c2N=C2N=C(N=c4c5ccccc5c(n41)=NC1=NC(=N3)c3ccccc31)c1ccccc12. The highest BCUT2D eigenvalue weighted by Crippen LogP contribution is 2.43. The van der Waals surface area contributed by atoms with E-state index in [2.05, 4.69) is 36.8 Å². The van der Waals surface area contributed by atoms with Gasteiger partial charge in [0.15, 0.2) is 31.7 Å². The fraction of sp³-hybridized carbons (Fsp3) is 0.167. The molecule has 11 rings (SSSR count). The van der Waals surface area contributed by atoms with Gasteiger partial charge in [-0.15, -0.1) is 0 Å². The van der Waals surface area contributed by atoms with Gasteiger partial charge in [-0.05, 0) is 58.3 Å². The van der Waals surface area contributed by atoms with Crippen molar-refractivity contribution < 1.29 is 28.3 Å². The quantitative estimate of drug-likeness (QED) is 0.0951. The first kappa shape index (κ1) is 41.7. The molecule has 7 aromatic rings. The lowest BCUT2D eigenvalue weighted by Gasteiger charge is -2.36. The smallest absolute Gasteiger partial charge is 0.478 e. The van der Waals surface area contributed by atoms with E-state index in [0.29, 0.717) is 46.0 Å². The number of aliphatic imine (C=N–C) groups is 4. The summed E-state index contributed by atoms with van der Waals surface area (Å²) in [5.74, 6) is 1.53. The molecule has 324 valence electrons. The van der Waals surface area contributed by atoms with Crippen LogP contribution in [0.15, 0.2) is 151 Å². The second kappa shape index (κ2) is 16.1. The molecule has 0 fully saturated rings. The lowest BCUT2D eigenvalue weighted by atomic mass is 10.1. The number of ether oxygens (including phenoxy) is 1. The molecule has 4 aliphatic rings. The predicted molar refractivity (Wildman–Crippen MR) is 255 cm³/mol. The number of amidine groups is 4. The number of rotatable bonds is 8. The maximum atomic E-state index is 14.1. The summed E-state index contributed by atoms with van der Waals surface area (Å²) in [6.07, 6.45) is 0.926. The maximum absolute atomic E-state index is 14.1. The van der Waals surface area contributed by atoms with Crippen LogP contribution >= 0.6 is 0 Å². The fourth-order valence-corrected chi connectivity index (χ4v) is 15.8. The molecule has 15 nitrogen and oxygen atoms in total. The van der Waals surface area contributed by atoms with Crippen molar-refractivity contribution in [2.45, 2.75) is 32.5 Å². The van der Waals surface area contributed by atoms with E-state index in [0.717, 1.165) is 62.8 Å². The van der Waals surface area contributed by atoms with Crippen molar-refractivity contribution in [1.29, 1.82) is 0 Å². The minimum Gasteiger partial charge on any atom is -0.478 e. The number of carbonyl (C=O) groups excluding carboxylic acids is 1. The molecular weight excluding hydrogens is 855 g/mol. The molecule has 4 aliphatic heterocycles. The maximum Gasteiger partial charge on any atom is 0.589 e. The first-order valence-corrected chi connectivity index (χ1v) is 26.0. The van der Waals surface area contributed by atoms with Crippen LogP contribution in [0.1, 0.15) is 46.0 Å². The monoisotopic (exact) mass is 897 g/mol. The molecule has 1 unspecified atom stereocenters. The van der Waals surface area contributed by atoms with Crippen LogP contribution in [0.25, 0.3) is 21.5 Å². The number of para-hydroxylation sites is 1. The van der Waals surface area contributed by atoms with E-state index in [1.807, 2.05) is 106 Å². The van der Waals surface area contributed by atoms with E-state index in [9.17, 15) is 14.4 Å². The molecule has 0 spiro atoms. The molecule has 0 radical (unpaired) electrons. The molecule has 5 aromatic carbocycles. The molecule has 0 saturated carbocycles. The Labute approximate surface area is 375 Å². The second-order valence-electron chi connectivity index (χ2n) is 16.9. The second-order valence-corrected chi connectivity index (χ2v) is 23.7. The van der Waals surface area contributed by atoms with Crippen molar-refractivity contribution in [2.75, 3.05) is 20.6 Å². The zero-order valence-corrected chi connectivity index (χ0v) is 38.2. The third-order valence-electron chi connectivity index (χ3n) is 11.5. The minimum absolute atomic E-state index is 0.0160. The largest absolute Gasteiger partial charge is 0.589 e. The third kappa shape index (κ3) is 7.28. The molecule has 17 heteroatoms. The Bertz CT molecular complexity index is 3260. The highest BCUT2D eigenvalue weighted by Gasteiger charge is 2.52. The van der Waals surface area contributed by atoms with Gasteiger partial charge in [0, 0.05) is 50.7 Å². The zero-order chi connectivity index (χ0) is 45.2. The summed E-state index contributed by atoms with van der Waals surface area (Å²) in [5.41, 5.74) is 4.49. The number of benzene rings is 5. The van der Waals surface area contributed by atoms with E-state index in [-0.39, 0.29) is 11.3 Å². The minimum atomic E-state index is -4.51. The summed E-state index contributed by atoms with van der Waals surface area (Å²) in [6, 6.07) is 38.9. The third-order valence-corrected chi connectivity index (χ3v) is 18.4. The Morgan fingerprint density at radius 3 is 1.51 bits per heavy atom. The summed E-state index contributed by atoms with van der Waals surface area (Å²) in [7, 11) is -3.00. The number of nitrogens with zero attached hydrogens (tertiary/aromatic N) is 9. The number of aromatic nitrogens is 2. The van der Waals surface area contributed by atoms with Crippen LogP contribution in [-0.2, 0) is 8.91 Å². The van der Waals surface area contributed by atoms with Crippen molar-refractivity contribution in [3.63, 3.8) is 0 Å². The van der Waals surface area contributed by atoms with E-state index in [1.54, 1.807) is 12.1 Å². The number of carbonyl (C=O) groups is 2. The molecule has 0 amide bonds. The van der Waals surface area contributed by atoms with Crippen LogP contribution in [-0.4, -0.2) is 96.4 Å². The van der Waals surface area contributed by atoms with E-state index in [4.69, 9.17) is 39.2 Å². The van der Waals surface area contributed by atoms with Gasteiger partial charge in [-0.3, -0.25) is 13.3 Å². The van der Waals surface area contributed by atoms with Crippen LogP contribution < -0.4 is 15.7 Å². The van der Waals surface area contributed by atoms with Gasteiger partial charge in [0.25, 0.3) is 0 Å². The van der Waals surface area contributed by atoms with Crippen LogP contribution in [0, 0.1) is 0 Å². The van der Waals surface area contributed by atoms with Gasteiger partial charge >= 0.3 is 20.8 Å². The predicted octanol–water partition coefficient (Wildman–Crippen LogP) is 6.85. The molecular formula is C48H43N9O6Si2. The molecule has 6 heterocycles. The van der Waals surface area contributed by atoms with Crippen molar-refractivity contribution in [3.8, 4) is 5.75 Å². The first-order chi connectivity index (χ1) is 31.3. The zero-order valence-electron chi connectivity index (χ0n) is 36.2. The number of carboxylic acids is 1. The highest BCUT2D eigenvalue weighted by atomic mass is 28.5. The van der Waals surface area contributed by atoms with Crippen LogP contribution in [0.3, 0.4) is 0 Å². The molecule has 6 bridgehead atoms. The Morgan fingerprint density at radius 1 is 0.615 bits per heavy atom. The molecule has 0 saturated heterocycles.